The van der Waals surface area contributed by atoms with Crippen LogP contribution in [0.4, 0.5) is 14.7 Å². The number of nitrogens with zero attached hydrogens (tertiary/aromatic N) is 4. The van der Waals surface area contributed by atoms with Crippen LogP contribution in [-0.4, -0.2) is 31.7 Å². The highest BCUT2D eigenvalue weighted by Crippen LogP contribution is 2.34. The van der Waals surface area contributed by atoms with Crippen LogP contribution in [0.5, 0.6) is 0 Å². The maximum absolute atomic E-state index is 13.3. The summed E-state index contributed by atoms with van der Waals surface area (Å²) >= 11 is 0. The second-order valence-corrected chi connectivity index (χ2v) is 6.51. The van der Waals surface area contributed by atoms with Crippen molar-refractivity contribution in [2.24, 2.45) is 0 Å². The van der Waals surface area contributed by atoms with Gasteiger partial charge in [0.05, 0.1) is 5.69 Å². The van der Waals surface area contributed by atoms with Gasteiger partial charge in [0.15, 0.2) is 5.82 Å². The summed E-state index contributed by atoms with van der Waals surface area (Å²) in [6.07, 6.45) is 1.47. The lowest BCUT2D eigenvalue weighted by Crippen LogP contribution is -2.32. The van der Waals surface area contributed by atoms with E-state index >= 15 is 0 Å². The second kappa shape index (κ2) is 6.45. The number of aryl methyl sites for hydroxylation is 3. The summed E-state index contributed by atoms with van der Waals surface area (Å²) in [5, 5.41) is 7.70. The first-order chi connectivity index (χ1) is 11.4. The molecule has 0 aromatic carbocycles. The average Bonchev–Trinajstić information content (AvgIpc) is 2.88. The van der Waals surface area contributed by atoms with Gasteiger partial charge in [-0.2, -0.15) is 10.1 Å². The Bertz CT molecular complexity index is 716. The molecule has 0 atom stereocenters. The van der Waals surface area contributed by atoms with E-state index in [4.69, 9.17) is 0 Å². The van der Waals surface area contributed by atoms with Crippen LogP contribution in [0.2, 0.25) is 0 Å². The van der Waals surface area contributed by atoms with Crippen LogP contribution in [0.1, 0.15) is 49.7 Å². The number of halogens is 2. The molecule has 0 amide bonds. The normalized spacial score (nSPS) is 17.9. The zero-order valence-corrected chi connectivity index (χ0v) is 14.3. The molecule has 2 aromatic heterocycles. The molecule has 1 aliphatic carbocycles. The van der Waals surface area contributed by atoms with Crippen LogP contribution in [0.15, 0.2) is 12.1 Å². The Morgan fingerprint density at radius 1 is 1.21 bits per heavy atom. The molecular weight excluding hydrogens is 312 g/mol. The zero-order valence-electron chi connectivity index (χ0n) is 14.3. The molecule has 1 saturated carbocycles. The maximum Gasteiger partial charge on any atom is 0.248 e. The monoisotopic (exact) mass is 335 g/mol. The highest BCUT2D eigenvalue weighted by atomic mass is 19.3. The Morgan fingerprint density at radius 2 is 1.92 bits per heavy atom. The molecule has 24 heavy (non-hydrogen) atoms. The number of rotatable bonds is 4. The van der Waals surface area contributed by atoms with E-state index in [1.54, 1.807) is 4.68 Å². The van der Waals surface area contributed by atoms with Crippen molar-refractivity contribution in [2.45, 2.75) is 64.8 Å². The van der Waals surface area contributed by atoms with E-state index in [1.165, 1.54) is 0 Å². The van der Waals surface area contributed by atoms with Crippen molar-refractivity contribution in [3.63, 3.8) is 0 Å². The number of hydrogen-bond acceptors (Lipinski definition) is 4. The zero-order chi connectivity index (χ0) is 17.3. The molecule has 0 spiro atoms. The fourth-order valence-electron chi connectivity index (χ4n) is 3.07. The fraction of sp³-hybridized carbons (Fsp3) is 0.588. The van der Waals surface area contributed by atoms with Crippen molar-refractivity contribution in [3.05, 3.63) is 29.2 Å². The Balaban J connectivity index is 1.83. The molecule has 0 radical (unpaired) electrons. The lowest BCUT2D eigenvalue weighted by molar-refractivity contribution is -0.0361. The third kappa shape index (κ3) is 3.71. The summed E-state index contributed by atoms with van der Waals surface area (Å²) in [5.74, 6) is -1.33. The third-order valence-corrected chi connectivity index (χ3v) is 4.40. The van der Waals surface area contributed by atoms with E-state index in [-0.39, 0.29) is 18.9 Å². The van der Waals surface area contributed by atoms with Crippen LogP contribution >= 0.6 is 0 Å². The highest BCUT2D eigenvalue weighted by molar-refractivity contribution is 5.37. The van der Waals surface area contributed by atoms with Gasteiger partial charge in [0.2, 0.25) is 11.9 Å². The first-order valence-corrected chi connectivity index (χ1v) is 8.42. The first-order valence-electron chi connectivity index (χ1n) is 8.42. The molecule has 1 fully saturated rings. The minimum atomic E-state index is -2.53. The number of anilines is 1. The summed E-state index contributed by atoms with van der Waals surface area (Å²) < 4.78 is 28.4. The van der Waals surface area contributed by atoms with Gasteiger partial charge in [-0.05, 0) is 39.2 Å². The van der Waals surface area contributed by atoms with Crippen LogP contribution in [0, 0.1) is 13.8 Å². The van der Waals surface area contributed by atoms with Crippen molar-refractivity contribution in [1.82, 2.24) is 19.7 Å². The lowest BCUT2D eigenvalue weighted by Gasteiger charge is -2.28. The predicted octanol–water partition coefficient (Wildman–Crippen LogP) is 3.83. The molecule has 2 aromatic rings. The van der Waals surface area contributed by atoms with Gasteiger partial charge in [-0.3, -0.25) is 0 Å². The minimum Gasteiger partial charge on any atom is -0.351 e. The van der Waals surface area contributed by atoms with Crippen LogP contribution in [0.3, 0.4) is 0 Å². The Morgan fingerprint density at radius 3 is 2.50 bits per heavy atom. The van der Waals surface area contributed by atoms with Gasteiger partial charge >= 0.3 is 0 Å². The van der Waals surface area contributed by atoms with E-state index in [0.29, 0.717) is 24.6 Å². The summed E-state index contributed by atoms with van der Waals surface area (Å²) in [5.41, 5.74) is 2.82. The van der Waals surface area contributed by atoms with E-state index in [9.17, 15) is 8.78 Å². The fourth-order valence-corrected chi connectivity index (χ4v) is 3.07. The van der Waals surface area contributed by atoms with E-state index in [1.807, 2.05) is 32.9 Å². The minimum absolute atomic E-state index is 0.00923. The molecule has 130 valence electrons. The van der Waals surface area contributed by atoms with Crippen molar-refractivity contribution in [1.29, 1.82) is 0 Å². The molecule has 3 rings (SSSR count). The smallest absolute Gasteiger partial charge is 0.248 e. The largest absolute Gasteiger partial charge is 0.351 e. The van der Waals surface area contributed by atoms with E-state index < -0.39 is 5.92 Å². The van der Waals surface area contributed by atoms with Crippen LogP contribution in [-0.2, 0) is 6.42 Å². The van der Waals surface area contributed by atoms with Crippen LogP contribution < -0.4 is 5.32 Å². The van der Waals surface area contributed by atoms with Crippen molar-refractivity contribution in [3.8, 4) is 5.82 Å². The maximum atomic E-state index is 13.3. The Hall–Kier alpha value is -2.05. The molecule has 2 heterocycles. The molecule has 0 aliphatic heterocycles. The number of aromatic nitrogens is 4. The Labute approximate surface area is 140 Å². The number of hydrogen-bond donors (Lipinski definition) is 1. The molecule has 1 N–H and O–H groups in total. The molecule has 1 aliphatic rings. The predicted molar refractivity (Wildman–Crippen MR) is 88.8 cm³/mol. The molecule has 5 nitrogen and oxygen atoms in total. The molecular formula is C17H23F2N5. The van der Waals surface area contributed by atoms with Gasteiger partial charge in [0, 0.05) is 36.3 Å². The third-order valence-electron chi connectivity index (χ3n) is 4.40. The second-order valence-electron chi connectivity index (χ2n) is 6.51. The number of alkyl halides is 2. The van der Waals surface area contributed by atoms with Crippen molar-refractivity contribution < 1.29 is 8.78 Å². The highest BCUT2D eigenvalue weighted by Gasteiger charge is 2.35. The van der Waals surface area contributed by atoms with Crippen molar-refractivity contribution >= 4 is 5.95 Å². The van der Waals surface area contributed by atoms with Gasteiger partial charge < -0.3 is 5.32 Å². The van der Waals surface area contributed by atoms with Gasteiger partial charge in [-0.15, -0.1) is 0 Å². The lowest BCUT2D eigenvalue weighted by atomic mass is 9.92. The molecule has 0 unspecified atom stereocenters. The average molecular weight is 335 g/mol. The summed E-state index contributed by atoms with van der Waals surface area (Å²) in [6.45, 7) is 5.94. The standard InChI is InChI=1S/C17H23F2N5/c1-4-13-10-15(24-12(3)9-11(2)23-24)22-16(20-13)21-14-5-7-17(18,19)8-6-14/h9-10,14H,4-8H2,1-3H3,(H,20,21,22). The van der Waals surface area contributed by atoms with Gasteiger partial charge in [-0.1, -0.05) is 6.92 Å². The quantitative estimate of drug-likeness (QED) is 0.922. The summed E-state index contributed by atoms with van der Waals surface area (Å²) in [7, 11) is 0. The number of nitrogens with one attached hydrogen (secondary N) is 1. The first kappa shape index (κ1) is 16.8. The van der Waals surface area contributed by atoms with Gasteiger partial charge in [-0.25, -0.2) is 18.4 Å². The molecule has 0 bridgehead atoms. The van der Waals surface area contributed by atoms with Gasteiger partial charge in [0.1, 0.15) is 0 Å². The van der Waals surface area contributed by atoms with E-state index in [0.717, 1.165) is 23.5 Å². The Kier molecular flexibility index (Phi) is 4.51. The SMILES string of the molecule is CCc1cc(-n2nc(C)cc2C)nc(NC2CCC(F)(F)CC2)n1. The van der Waals surface area contributed by atoms with E-state index in [2.05, 4.69) is 20.4 Å². The topological polar surface area (TPSA) is 55.6 Å². The van der Waals surface area contributed by atoms with Crippen molar-refractivity contribution in [2.75, 3.05) is 5.32 Å². The summed E-state index contributed by atoms with van der Waals surface area (Å²) in [6, 6.07) is 3.90. The molecule has 7 heteroatoms. The van der Waals surface area contributed by atoms with Gasteiger partial charge in [0.25, 0.3) is 0 Å². The molecule has 0 saturated heterocycles. The van der Waals surface area contributed by atoms with Crippen LogP contribution in [0.25, 0.3) is 5.82 Å². The summed E-state index contributed by atoms with van der Waals surface area (Å²) in [4.78, 5) is 9.04.